The van der Waals surface area contributed by atoms with Crippen molar-refractivity contribution in [3.63, 3.8) is 0 Å². The van der Waals surface area contributed by atoms with Gasteiger partial charge in [0.25, 0.3) is 0 Å². The van der Waals surface area contributed by atoms with E-state index in [0.717, 1.165) is 18.1 Å². The van der Waals surface area contributed by atoms with Gasteiger partial charge in [0, 0.05) is 24.7 Å². The molecular weight excluding hydrogens is 214 g/mol. The van der Waals surface area contributed by atoms with Crippen LogP contribution in [-0.2, 0) is 9.59 Å². The Morgan fingerprint density at radius 3 is 3.13 bits per heavy atom. The van der Waals surface area contributed by atoms with Gasteiger partial charge in [0.05, 0.1) is 12.6 Å². The monoisotopic (exact) mass is 229 g/mol. The van der Waals surface area contributed by atoms with E-state index in [2.05, 4.69) is 10.6 Å². The zero-order valence-electron chi connectivity index (χ0n) is 8.49. The smallest absolute Gasteiger partial charge is 0.241 e. The quantitative estimate of drug-likeness (QED) is 0.605. The Labute approximate surface area is 93.0 Å². The molecule has 6 heteroatoms. The van der Waals surface area contributed by atoms with Crippen molar-refractivity contribution >= 4 is 23.6 Å². The minimum Gasteiger partial charge on any atom is -0.354 e. The van der Waals surface area contributed by atoms with Crippen molar-refractivity contribution in [2.45, 2.75) is 12.5 Å². The Bertz CT molecular complexity index is 266. The largest absolute Gasteiger partial charge is 0.354 e. The minimum atomic E-state index is -0.0964. The van der Waals surface area contributed by atoms with Gasteiger partial charge in [-0.25, -0.2) is 0 Å². The van der Waals surface area contributed by atoms with E-state index in [1.807, 2.05) is 0 Å². The minimum absolute atomic E-state index is 0.0495. The summed E-state index contributed by atoms with van der Waals surface area (Å²) in [4.78, 5) is 24.9. The third-order valence-corrected chi connectivity index (χ3v) is 3.53. The molecule has 0 bridgehead atoms. The van der Waals surface area contributed by atoms with E-state index in [9.17, 15) is 9.59 Å². The molecule has 2 saturated heterocycles. The summed E-state index contributed by atoms with van der Waals surface area (Å²) in [5, 5.41) is 5.89. The van der Waals surface area contributed by atoms with E-state index < -0.39 is 0 Å². The summed E-state index contributed by atoms with van der Waals surface area (Å²) in [5.41, 5.74) is 0. The van der Waals surface area contributed by atoms with E-state index in [1.54, 1.807) is 16.7 Å². The van der Waals surface area contributed by atoms with Gasteiger partial charge in [-0.05, 0) is 6.42 Å². The molecule has 0 spiro atoms. The molecule has 1 atom stereocenters. The highest BCUT2D eigenvalue weighted by atomic mass is 32.2. The molecule has 2 amide bonds. The van der Waals surface area contributed by atoms with Crippen LogP contribution < -0.4 is 10.6 Å². The predicted octanol–water partition coefficient (Wildman–Crippen LogP) is -1.00. The number of nitrogens with zero attached hydrogens (tertiary/aromatic N) is 1. The first-order chi connectivity index (χ1) is 7.27. The lowest BCUT2D eigenvalue weighted by Gasteiger charge is -2.22. The van der Waals surface area contributed by atoms with E-state index in [0.29, 0.717) is 13.1 Å². The molecule has 84 valence electrons. The normalized spacial score (nSPS) is 27.3. The SMILES string of the molecule is O=C1CN(C(=O)C2CSCN2)CCCN1. The van der Waals surface area contributed by atoms with Crippen LogP contribution in [-0.4, -0.2) is 54.0 Å². The van der Waals surface area contributed by atoms with Crippen molar-refractivity contribution in [3.8, 4) is 0 Å². The van der Waals surface area contributed by atoms with Gasteiger partial charge in [0.1, 0.15) is 0 Å². The summed E-state index contributed by atoms with van der Waals surface area (Å²) in [6.45, 7) is 1.57. The van der Waals surface area contributed by atoms with E-state index in [4.69, 9.17) is 0 Å². The Morgan fingerprint density at radius 2 is 2.40 bits per heavy atom. The Morgan fingerprint density at radius 1 is 1.53 bits per heavy atom. The lowest BCUT2D eigenvalue weighted by molar-refractivity contribution is -0.136. The Hall–Kier alpha value is -0.750. The van der Waals surface area contributed by atoms with Crippen LogP contribution in [0.5, 0.6) is 0 Å². The van der Waals surface area contributed by atoms with Crippen molar-refractivity contribution in [1.82, 2.24) is 15.5 Å². The molecule has 2 aliphatic rings. The van der Waals surface area contributed by atoms with Crippen LogP contribution in [0.15, 0.2) is 0 Å². The van der Waals surface area contributed by atoms with Crippen LogP contribution in [0.1, 0.15) is 6.42 Å². The van der Waals surface area contributed by atoms with Gasteiger partial charge < -0.3 is 10.2 Å². The van der Waals surface area contributed by atoms with Gasteiger partial charge in [-0.15, -0.1) is 11.8 Å². The highest BCUT2D eigenvalue weighted by Gasteiger charge is 2.28. The highest BCUT2D eigenvalue weighted by Crippen LogP contribution is 2.12. The average Bonchev–Trinajstić information content (AvgIpc) is 2.67. The van der Waals surface area contributed by atoms with Gasteiger partial charge in [0.15, 0.2) is 0 Å². The summed E-state index contributed by atoms with van der Waals surface area (Å²) < 4.78 is 0. The van der Waals surface area contributed by atoms with E-state index in [1.165, 1.54) is 0 Å². The zero-order valence-corrected chi connectivity index (χ0v) is 9.31. The maximum Gasteiger partial charge on any atom is 0.241 e. The van der Waals surface area contributed by atoms with Gasteiger partial charge in [-0.2, -0.15) is 0 Å². The zero-order chi connectivity index (χ0) is 10.7. The number of rotatable bonds is 1. The number of carbonyl (C=O) groups is 2. The van der Waals surface area contributed by atoms with Crippen molar-refractivity contribution in [1.29, 1.82) is 0 Å². The number of hydrogen-bond donors (Lipinski definition) is 2. The summed E-state index contributed by atoms with van der Waals surface area (Å²) >= 11 is 1.72. The van der Waals surface area contributed by atoms with Crippen LogP contribution in [0, 0.1) is 0 Å². The number of amides is 2. The van der Waals surface area contributed by atoms with Gasteiger partial charge in [0.2, 0.25) is 11.8 Å². The molecular formula is C9H15N3O2S. The van der Waals surface area contributed by atoms with Gasteiger partial charge >= 0.3 is 0 Å². The first kappa shape index (κ1) is 10.8. The second-order valence-electron chi connectivity index (χ2n) is 3.74. The fourth-order valence-electron chi connectivity index (χ4n) is 1.77. The molecule has 2 rings (SSSR count). The molecule has 5 nitrogen and oxygen atoms in total. The van der Waals surface area contributed by atoms with Crippen molar-refractivity contribution in [3.05, 3.63) is 0 Å². The molecule has 0 aliphatic carbocycles. The first-order valence-electron chi connectivity index (χ1n) is 5.14. The second-order valence-corrected chi connectivity index (χ2v) is 4.77. The van der Waals surface area contributed by atoms with Crippen LogP contribution in [0.3, 0.4) is 0 Å². The van der Waals surface area contributed by atoms with Crippen molar-refractivity contribution < 1.29 is 9.59 Å². The fraction of sp³-hybridized carbons (Fsp3) is 0.778. The van der Waals surface area contributed by atoms with Crippen LogP contribution in [0.2, 0.25) is 0 Å². The molecule has 2 N–H and O–H groups in total. The third-order valence-electron chi connectivity index (χ3n) is 2.59. The number of hydrogen-bond acceptors (Lipinski definition) is 4. The molecule has 0 aromatic heterocycles. The Balaban J connectivity index is 1.95. The number of carbonyl (C=O) groups excluding carboxylic acids is 2. The molecule has 2 fully saturated rings. The molecule has 0 aromatic carbocycles. The molecule has 2 heterocycles. The van der Waals surface area contributed by atoms with Crippen LogP contribution >= 0.6 is 11.8 Å². The molecule has 0 radical (unpaired) electrons. The molecule has 2 aliphatic heterocycles. The molecule has 15 heavy (non-hydrogen) atoms. The maximum absolute atomic E-state index is 12.0. The summed E-state index contributed by atoms with van der Waals surface area (Å²) in [5.74, 6) is 1.66. The molecule has 0 saturated carbocycles. The average molecular weight is 229 g/mol. The van der Waals surface area contributed by atoms with E-state index in [-0.39, 0.29) is 24.4 Å². The fourth-order valence-corrected chi connectivity index (χ4v) is 2.70. The topological polar surface area (TPSA) is 61.4 Å². The van der Waals surface area contributed by atoms with Crippen LogP contribution in [0.25, 0.3) is 0 Å². The molecule has 1 unspecified atom stereocenters. The standard InChI is InChI=1S/C9H15N3O2S/c13-8-4-12(3-1-2-10-8)9(14)7-5-15-6-11-7/h7,11H,1-6H2,(H,10,13). The summed E-state index contributed by atoms with van der Waals surface area (Å²) in [6, 6.07) is -0.0964. The van der Waals surface area contributed by atoms with Gasteiger partial charge in [-0.1, -0.05) is 0 Å². The number of thioether (sulfide) groups is 1. The van der Waals surface area contributed by atoms with Crippen molar-refractivity contribution in [2.24, 2.45) is 0 Å². The van der Waals surface area contributed by atoms with Gasteiger partial charge in [-0.3, -0.25) is 14.9 Å². The lowest BCUT2D eigenvalue weighted by atomic mass is 10.2. The molecule has 0 aromatic rings. The summed E-state index contributed by atoms with van der Waals surface area (Å²) in [6.07, 6.45) is 0.845. The van der Waals surface area contributed by atoms with Crippen LogP contribution in [0.4, 0.5) is 0 Å². The Kier molecular flexibility index (Phi) is 3.48. The number of nitrogens with one attached hydrogen (secondary N) is 2. The second kappa shape index (κ2) is 4.85. The maximum atomic E-state index is 12.0. The summed E-state index contributed by atoms with van der Waals surface area (Å²) in [7, 11) is 0. The third kappa shape index (κ3) is 2.63. The highest BCUT2D eigenvalue weighted by molar-refractivity contribution is 7.99. The van der Waals surface area contributed by atoms with E-state index >= 15 is 0 Å². The lowest BCUT2D eigenvalue weighted by Crippen LogP contribution is -2.47. The predicted molar refractivity (Wildman–Crippen MR) is 58.5 cm³/mol. The van der Waals surface area contributed by atoms with Crippen molar-refractivity contribution in [2.75, 3.05) is 31.3 Å². The first-order valence-corrected chi connectivity index (χ1v) is 6.29.